The summed E-state index contributed by atoms with van der Waals surface area (Å²) >= 11 is 6.12. The third kappa shape index (κ3) is 3.21. The number of benzene rings is 2. The fourth-order valence-electron chi connectivity index (χ4n) is 4.67. The van der Waals surface area contributed by atoms with Crippen LogP contribution in [0.4, 0.5) is 0 Å². The molecule has 27 heavy (non-hydrogen) atoms. The standard InChI is InChI=1S/C24H25ClO2/c1-3-15-4-9-18(20-11-10-19(25)12-14(20)2)13-21(15)22-23(26)16-5-6-17(8-7-16)24(22)27/h4,9-13,16-17,26H,3,5-8H2,1-2H3. The van der Waals surface area contributed by atoms with E-state index in [0.717, 1.165) is 64.9 Å². The van der Waals surface area contributed by atoms with Crippen LogP contribution in [0.2, 0.25) is 5.02 Å². The number of halogens is 1. The molecule has 0 aliphatic heterocycles. The number of aryl methyl sites for hydroxylation is 2. The fraction of sp³-hybridized carbons (Fsp3) is 0.375. The summed E-state index contributed by atoms with van der Waals surface area (Å²) in [4.78, 5) is 13.2. The number of hydrogen-bond donors (Lipinski definition) is 1. The van der Waals surface area contributed by atoms with Crippen molar-refractivity contribution in [2.24, 2.45) is 11.8 Å². The van der Waals surface area contributed by atoms with Crippen LogP contribution in [0.3, 0.4) is 0 Å². The molecular formula is C24H25ClO2. The maximum atomic E-state index is 13.2. The molecule has 2 aromatic rings. The Morgan fingerprint density at radius 3 is 2.37 bits per heavy atom. The average molecular weight is 381 g/mol. The minimum atomic E-state index is 0.0616. The molecule has 1 fully saturated rings. The summed E-state index contributed by atoms with van der Waals surface area (Å²) in [5.41, 5.74) is 5.86. The first-order chi connectivity index (χ1) is 13.0. The van der Waals surface area contributed by atoms with E-state index in [1.165, 1.54) is 0 Å². The SMILES string of the molecule is CCc1ccc(-c2ccc(Cl)cc2C)cc1C1=C(O)C2CCC(CC2)C1=O. The maximum Gasteiger partial charge on any atom is 0.169 e. The van der Waals surface area contributed by atoms with Crippen molar-refractivity contribution in [1.29, 1.82) is 0 Å². The Morgan fingerprint density at radius 1 is 1.00 bits per heavy atom. The lowest BCUT2D eigenvalue weighted by molar-refractivity contribution is -0.117. The van der Waals surface area contributed by atoms with Crippen LogP contribution in [0.1, 0.15) is 49.3 Å². The van der Waals surface area contributed by atoms with Crippen molar-refractivity contribution < 1.29 is 9.90 Å². The lowest BCUT2D eigenvalue weighted by atomic mass is 9.82. The molecule has 0 spiro atoms. The summed E-state index contributed by atoms with van der Waals surface area (Å²) in [6.45, 7) is 4.14. The highest BCUT2D eigenvalue weighted by molar-refractivity contribution is 6.30. The first-order valence-electron chi connectivity index (χ1n) is 9.86. The highest BCUT2D eigenvalue weighted by Crippen LogP contribution is 2.44. The van der Waals surface area contributed by atoms with E-state index in [2.05, 4.69) is 25.1 Å². The number of aliphatic hydroxyl groups excluding tert-OH is 1. The van der Waals surface area contributed by atoms with Crippen LogP contribution in [-0.2, 0) is 11.2 Å². The first kappa shape index (κ1) is 18.3. The number of ketones is 1. The molecule has 1 N–H and O–H groups in total. The number of aliphatic hydroxyl groups is 1. The predicted molar refractivity (Wildman–Crippen MR) is 111 cm³/mol. The molecule has 0 heterocycles. The van der Waals surface area contributed by atoms with Gasteiger partial charge in [-0.1, -0.05) is 36.7 Å². The molecule has 2 aromatic carbocycles. The van der Waals surface area contributed by atoms with Crippen molar-refractivity contribution >= 4 is 23.0 Å². The van der Waals surface area contributed by atoms with Gasteiger partial charge in [0.05, 0.1) is 5.57 Å². The average Bonchev–Trinajstić information content (AvgIpc) is 2.86. The minimum Gasteiger partial charge on any atom is -0.511 e. The van der Waals surface area contributed by atoms with Crippen LogP contribution in [0, 0.1) is 18.8 Å². The second-order valence-electron chi connectivity index (χ2n) is 7.86. The summed E-state index contributed by atoms with van der Waals surface area (Å²) in [6, 6.07) is 12.2. The van der Waals surface area contributed by atoms with Gasteiger partial charge in [-0.25, -0.2) is 0 Å². The molecule has 3 aliphatic carbocycles. The molecule has 2 bridgehead atoms. The van der Waals surface area contributed by atoms with Gasteiger partial charge < -0.3 is 5.11 Å². The van der Waals surface area contributed by atoms with Gasteiger partial charge in [-0.3, -0.25) is 4.79 Å². The predicted octanol–water partition coefficient (Wildman–Crippen LogP) is 6.54. The van der Waals surface area contributed by atoms with Crippen molar-refractivity contribution in [3.63, 3.8) is 0 Å². The number of carbonyl (C=O) groups excluding carboxylic acids is 1. The van der Waals surface area contributed by atoms with E-state index >= 15 is 0 Å². The molecule has 0 atom stereocenters. The highest BCUT2D eigenvalue weighted by Gasteiger charge is 2.38. The largest absolute Gasteiger partial charge is 0.511 e. The summed E-state index contributed by atoms with van der Waals surface area (Å²) < 4.78 is 0. The van der Waals surface area contributed by atoms with Gasteiger partial charge >= 0.3 is 0 Å². The molecule has 1 saturated carbocycles. The van der Waals surface area contributed by atoms with Gasteiger partial charge in [0.1, 0.15) is 5.76 Å². The van der Waals surface area contributed by atoms with Gasteiger partial charge in [0, 0.05) is 16.9 Å². The molecule has 0 aromatic heterocycles. The molecule has 0 radical (unpaired) electrons. The molecular weight excluding hydrogens is 356 g/mol. The van der Waals surface area contributed by atoms with Gasteiger partial charge in [-0.15, -0.1) is 0 Å². The third-order valence-corrected chi connectivity index (χ3v) is 6.48. The zero-order valence-corrected chi connectivity index (χ0v) is 16.6. The minimum absolute atomic E-state index is 0.0616. The quantitative estimate of drug-likeness (QED) is 0.656. The number of rotatable bonds is 3. The molecule has 0 unspecified atom stereocenters. The van der Waals surface area contributed by atoms with Crippen LogP contribution in [0.5, 0.6) is 0 Å². The second kappa shape index (κ2) is 7.16. The van der Waals surface area contributed by atoms with E-state index in [1.54, 1.807) is 0 Å². The summed E-state index contributed by atoms with van der Waals surface area (Å²) in [6.07, 6.45) is 4.46. The number of allylic oxidation sites excluding steroid dienone is 2. The number of carbonyl (C=O) groups is 1. The van der Waals surface area contributed by atoms with Crippen molar-refractivity contribution in [3.05, 3.63) is 63.9 Å². The van der Waals surface area contributed by atoms with Gasteiger partial charge in [-0.05, 0) is 85.0 Å². The lowest BCUT2D eigenvalue weighted by Crippen LogP contribution is -2.17. The van der Waals surface area contributed by atoms with Crippen LogP contribution in [0.15, 0.2) is 42.2 Å². The van der Waals surface area contributed by atoms with Gasteiger partial charge in [0.2, 0.25) is 0 Å². The van der Waals surface area contributed by atoms with Gasteiger partial charge in [0.25, 0.3) is 0 Å². The zero-order valence-electron chi connectivity index (χ0n) is 15.9. The lowest BCUT2D eigenvalue weighted by Gasteiger charge is -2.21. The zero-order chi connectivity index (χ0) is 19.1. The highest BCUT2D eigenvalue weighted by atomic mass is 35.5. The summed E-state index contributed by atoms with van der Waals surface area (Å²) in [7, 11) is 0. The Hall–Kier alpha value is -2.06. The Morgan fingerprint density at radius 2 is 1.70 bits per heavy atom. The van der Waals surface area contributed by atoms with Crippen molar-refractivity contribution in [1.82, 2.24) is 0 Å². The molecule has 140 valence electrons. The Bertz CT molecular complexity index is 933. The Kier molecular flexibility index (Phi) is 4.86. The molecule has 0 amide bonds. The molecule has 5 rings (SSSR count). The maximum absolute atomic E-state index is 13.2. The van der Waals surface area contributed by atoms with Crippen LogP contribution < -0.4 is 0 Å². The normalized spacial score (nSPS) is 22.3. The molecule has 0 saturated heterocycles. The smallest absolute Gasteiger partial charge is 0.169 e. The van der Waals surface area contributed by atoms with Crippen LogP contribution >= 0.6 is 11.6 Å². The molecule has 3 heteroatoms. The fourth-order valence-corrected chi connectivity index (χ4v) is 4.90. The van der Waals surface area contributed by atoms with Crippen molar-refractivity contribution in [2.45, 2.75) is 46.0 Å². The van der Waals surface area contributed by atoms with E-state index in [1.807, 2.05) is 25.1 Å². The molecule has 2 nitrogen and oxygen atoms in total. The van der Waals surface area contributed by atoms with Crippen LogP contribution in [0.25, 0.3) is 16.7 Å². The summed E-state index contributed by atoms with van der Waals surface area (Å²) in [5.74, 6) is 0.645. The van der Waals surface area contributed by atoms with E-state index in [-0.39, 0.29) is 17.6 Å². The monoisotopic (exact) mass is 380 g/mol. The van der Waals surface area contributed by atoms with Crippen LogP contribution in [-0.4, -0.2) is 10.9 Å². The molecule has 3 aliphatic rings. The Labute approximate surface area is 165 Å². The second-order valence-corrected chi connectivity index (χ2v) is 8.29. The van der Waals surface area contributed by atoms with E-state index in [4.69, 9.17) is 11.6 Å². The summed E-state index contributed by atoms with van der Waals surface area (Å²) in [5, 5.41) is 11.7. The van der Waals surface area contributed by atoms with E-state index in [9.17, 15) is 9.90 Å². The topological polar surface area (TPSA) is 37.3 Å². The number of Topliss-reactive ketones (excluding diaryl/α,β-unsaturated/α-hetero) is 1. The van der Waals surface area contributed by atoms with Gasteiger partial charge in [0.15, 0.2) is 5.78 Å². The van der Waals surface area contributed by atoms with E-state index < -0.39 is 0 Å². The number of hydrogen-bond acceptors (Lipinski definition) is 2. The van der Waals surface area contributed by atoms with Crippen molar-refractivity contribution in [3.8, 4) is 11.1 Å². The third-order valence-electron chi connectivity index (χ3n) is 6.25. The van der Waals surface area contributed by atoms with E-state index in [0.29, 0.717) is 11.3 Å². The van der Waals surface area contributed by atoms with Crippen molar-refractivity contribution in [2.75, 3.05) is 0 Å². The van der Waals surface area contributed by atoms with Gasteiger partial charge in [-0.2, -0.15) is 0 Å². The first-order valence-corrected chi connectivity index (χ1v) is 10.2. The Balaban J connectivity index is 1.89. The number of fused-ring (bicyclic) bond motifs is 3.